The molecule has 4 fully saturated rings. The predicted molar refractivity (Wildman–Crippen MR) is 208 cm³/mol. The van der Waals surface area contributed by atoms with E-state index >= 15 is 4.39 Å². The minimum absolute atomic E-state index is 0.0907. The quantitative estimate of drug-likeness (QED) is 0.317. The summed E-state index contributed by atoms with van der Waals surface area (Å²) in [6.45, 7) is 7.52. The van der Waals surface area contributed by atoms with Crippen LogP contribution in [0.2, 0.25) is 0 Å². The zero-order valence-corrected chi connectivity index (χ0v) is 31.8. The number of halogens is 1. The Balaban J connectivity index is 0.795. The van der Waals surface area contributed by atoms with Crippen molar-refractivity contribution in [1.82, 2.24) is 15.1 Å². The van der Waals surface area contributed by atoms with Crippen LogP contribution in [-0.2, 0) is 20.7 Å². The summed E-state index contributed by atoms with van der Waals surface area (Å²) in [5.74, 6) is -0.270. The number of benzene rings is 3. The van der Waals surface area contributed by atoms with Crippen LogP contribution in [0.15, 0.2) is 54.6 Å². The van der Waals surface area contributed by atoms with Crippen LogP contribution >= 0.6 is 0 Å². The van der Waals surface area contributed by atoms with Gasteiger partial charge in [0.25, 0.3) is 11.8 Å². The molecule has 3 aromatic carbocycles. The fraction of sp³-hybridized carbons (Fsp3) is 0.500. The van der Waals surface area contributed by atoms with Gasteiger partial charge in [-0.25, -0.2) is 4.39 Å². The van der Waals surface area contributed by atoms with Gasteiger partial charge in [0, 0.05) is 77.1 Å². The van der Waals surface area contributed by atoms with Gasteiger partial charge in [-0.15, -0.1) is 0 Å². The van der Waals surface area contributed by atoms with Crippen LogP contribution in [-0.4, -0.2) is 104 Å². The lowest BCUT2D eigenvalue weighted by Crippen LogP contribution is -2.54. The van der Waals surface area contributed by atoms with Crippen LogP contribution < -0.4 is 15.1 Å². The number of piperazine rings is 1. The number of aryl methyl sites for hydroxylation is 1. The Kier molecular flexibility index (Phi) is 10.0. The highest BCUT2D eigenvalue weighted by Crippen LogP contribution is 2.48. The number of nitrogens with zero attached hydrogens (tertiary/aromatic N) is 4. The number of imide groups is 2. The second-order valence-electron chi connectivity index (χ2n) is 16.6. The van der Waals surface area contributed by atoms with Gasteiger partial charge >= 0.3 is 0 Å². The summed E-state index contributed by atoms with van der Waals surface area (Å²) in [5, 5.41) is 12.5. The van der Waals surface area contributed by atoms with Gasteiger partial charge in [-0.3, -0.25) is 34.3 Å². The van der Waals surface area contributed by atoms with E-state index in [2.05, 4.69) is 32.1 Å². The molecule has 0 radical (unpaired) electrons. The highest BCUT2D eigenvalue weighted by molar-refractivity contribution is 6.23. The number of nitrogens with one attached hydrogen (secondary N) is 1. The number of carbonyl (C=O) groups is 4. The topological polar surface area (TPSA) is 123 Å². The van der Waals surface area contributed by atoms with E-state index in [1.165, 1.54) is 11.1 Å². The Labute approximate surface area is 326 Å². The highest BCUT2D eigenvalue weighted by atomic mass is 19.1. The molecule has 2 N–H and O–H groups in total. The summed E-state index contributed by atoms with van der Waals surface area (Å²) >= 11 is 0. The summed E-state index contributed by atoms with van der Waals surface area (Å²) in [5.41, 5.74) is 5.57. The first-order valence-corrected chi connectivity index (χ1v) is 20.5. The van der Waals surface area contributed by atoms with Crippen molar-refractivity contribution in [3.8, 4) is 5.75 Å². The molecule has 0 aromatic heterocycles. The second-order valence-corrected chi connectivity index (χ2v) is 16.6. The number of amides is 4. The third-order valence-electron chi connectivity index (χ3n) is 13.5. The third-order valence-corrected chi connectivity index (χ3v) is 13.5. The van der Waals surface area contributed by atoms with E-state index in [0.29, 0.717) is 34.6 Å². The van der Waals surface area contributed by atoms with Gasteiger partial charge in [0.15, 0.2) is 0 Å². The average Bonchev–Trinajstić information content (AvgIpc) is 3.46. The number of aromatic hydroxyl groups is 1. The van der Waals surface area contributed by atoms with E-state index in [1.807, 2.05) is 18.2 Å². The Bertz CT molecular complexity index is 2040. The van der Waals surface area contributed by atoms with Crippen molar-refractivity contribution in [1.29, 1.82) is 0 Å². The van der Waals surface area contributed by atoms with E-state index < -0.39 is 29.7 Å². The van der Waals surface area contributed by atoms with Gasteiger partial charge in [-0.1, -0.05) is 12.1 Å². The van der Waals surface area contributed by atoms with Crippen LogP contribution in [0.5, 0.6) is 5.75 Å². The zero-order chi connectivity index (χ0) is 38.5. The molecular weight excluding hydrogens is 714 g/mol. The van der Waals surface area contributed by atoms with Crippen molar-refractivity contribution in [2.45, 2.75) is 63.3 Å². The van der Waals surface area contributed by atoms with Gasteiger partial charge in [0.1, 0.15) is 17.6 Å². The van der Waals surface area contributed by atoms with Gasteiger partial charge < -0.3 is 19.6 Å². The number of phenolic OH excluding ortho intramolecular Hbond substituents is 1. The molecule has 0 saturated carbocycles. The minimum atomic E-state index is -0.976. The van der Waals surface area contributed by atoms with Gasteiger partial charge in [-0.05, 0) is 122 Å². The molecule has 5 aliphatic heterocycles. The number of hydrogen-bond acceptors (Lipinski definition) is 9. The van der Waals surface area contributed by atoms with Crippen molar-refractivity contribution < 1.29 is 33.4 Å². The molecule has 4 saturated heterocycles. The molecular formula is C44H50FN5O6. The van der Waals surface area contributed by atoms with Gasteiger partial charge in [0.2, 0.25) is 11.8 Å². The predicted octanol–water partition coefficient (Wildman–Crippen LogP) is 5.09. The molecule has 4 amide bonds. The van der Waals surface area contributed by atoms with Crippen molar-refractivity contribution in [2.75, 3.05) is 68.8 Å². The van der Waals surface area contributed by atoms with E-state index in [1.54, 1.807) is 24.3 Å². The van der Waals surface area contributed by atoms with E-state index in [9.17, 15) is 24.3 Å². The lowest BCUT2D eigenvalue weighted by atomic mass is 9.65. The molecule has 0 spiro atoms. The van der Waals surface area contributed by atoms with E-state index in [-0.39, 0.29) is 30.3 Å². The normalized spacial score (nSPS) is 25.4. The Morgan fingerprint density at radius 1 is 0.750 bits per heavy atom. The smallest absolute Gasteiger partial charge is 0.262 e. The standard InChI is InChI=1S/C44H50FN5O6/c45-37-24-30(41-33(28-13-21-56-22-14-28)5-1-29-23-32(51)4-7-34(29)41)2-8-38(37)49-15-11-27(12-16-49)26-47-17-19-48(20-18-47)31-3-6-35-36(25-31)44(55)50(43(35)54)39-9-10-40(52)46-42(39)53/h2-4,6-8,23-25,27-28,33,39,41,51H,1,5,9-22,26H2,(H,46,52,53)/t33-,39+,41+/m0/s1. The average molecular weight is 764 g/mol. The molecule has 0 bridgehead atoms. The number of rotatable bonds is 7. The van der Waals surface area contributed by atoms with Crippen LogP contribution in [0.25, 0.3) is 0 Å². The van der Waals surface area contributed by atoms with Crippen molar-refractivity contribution >= 4 is 35.0 Å². The number of carbonyl (C=O) groups excluding carboxylic acids is 4. The monoisotopic (exact) mass is 763 g/mol. The van der Waals surface area contributed by atoms with Gasteiger partial charge in [0.05, 0.1) is 16.8 Å². The minimum Gasteiger partial charge on any atom is -0.508 e. The lowest BCUT2D eigenvalue weighted by Gasteiger charge is -2.41. The number of piperidine rings is 2. The molecule has 12 heteroatoms. The second kappa shape index (κ2) is 15.3. The van der Waals surface area contributed by atoms with Crippen molar-refractivity contribution in [2.24, 2.45) is 17.8 Å². The van der Waals surface area contributed by atoms with Crippen LogP contribution in [0, 0.1) is 23.6 Å². The SMILES string of the molecule is O=C1CC[C@@H](N2C(=O)c3ccc(N4CCN(CC5CCN(c6ccc([C@H]7c8ccc(O)cc8CC[C@H]7C7CCOCC7)cc6F)CC5)CC4)cc3C2=O)C(=O)N1. The zero-order valence-electron chi connectivity index (χ0n) is 31.8. The van der Waals surface area contributed by atoms with Crippen LogP contribution in [0.3, 0.4) is 0 Å². The summed E-state index contributed by atoms with van der Waals surface area (Å²) < 4.78 is 21.8. The number of anilines is 2. The number of phenols is 1. The lowest BCUT2D eigenvalue weighted by molar-refractivity contribution is -0.136. The Hall–Kier alpha value is -4.81. The first-order chi connectivity index (χ1) is 27.2. The molecule has 6 aliphatic rings. The summed E-state index contributed by atoms with van der Waals surface area (Å²) in [7, 11) is 0. The summed E-state index contributed by atoms with van der Waals surface area (Å²) in [6.07, 6.45) is 6.25. The number of fused-ring (bicyclic) bond motifs is 2. The first-order valence-electron chi connectivity index (χ1n) is 20.5. The molecule has 0 unspecified atom stereocenters. The largest absolute Gasteiger partial charge is 0.508 e. The molecule has 1 aliphatic carbocycles. The molecule has 11 nitrogen and oxygen atoms in total. The molecule has 294 valence electrons. The molecule has 5 heterocycles. The molecule has 3 aromatic rings. The highest BCUT2D eigenvalue weighted by Gasteiger charge is 2.45. The maximum Gasteiger partial charge on any atom is 0.262 e. The Morgan fingerprint density at radius 2 is 1.52 bits per heavy atom. The fourth-order valence-corrected chi connectivity index (χ4v) is 10.4. The van der Waals surface area contributed by atoms with Crippen molar-refractivity contribution in [3.05, 3.63) is 88.2 Å². The Morgan fingerprint density at radius 3 is 2.27 bits per heavy atom. The molecule has 9 rings (SSSR count). The van der Waals surface area contributed by atoms with E-state index in [4.69, 9.17) is 4.74 Å². The molecule has 56 heavy (non-hydrogen) atoms. The van der Waals surface area contributed by atoms with Crippen molar-refractivity contribution in [3.63, 3.8) is 0 Å². The van der Waals surface area contributed by atoms with E-state index in [0.717, 1.165) is 114 Å². The summed E-state index contributed by atoms with van der Waals surface area (Å²) in [4.78, 5) is 58.5. The maximum atomic E-state index is 16.1. The molecule has 3 atom stereocenters. The number of ether oxygens (including phenoxy) is 1. The maximum absolute atomic E-state index is 16.1. The first kappa shape index (κ1) is 36.8. The van der Waals surface area contributed by atoms with Crippen LogP contribution in [0.4, 0.5) is 15.8 Å². The number of hydrogen-bond donors (Lipinski definition) is 2. The van der Waals surface area contributed by atoms with Crippen LogP contribution in [0.1, 0.15) is 88.3 Å². The van der Waals surface area contributed by atoms with Gasteiger partial charge in [-0.2, -0.15) is 0 Å². The fourth-order valence-electron chi connectivity index (χ4n) is 10.4. The summed E-state index contributed by atoms with van der Waals surface area (Å²) in [6, 6.07) is 16.0. The third kappa shape index (κ3) is 6.95.